The van der Waals surface area contributed by atoms with E-state index in [1.165, 1.54) is 0 Å². The number of para-hydroxylation sites is 1. The number of rotatable bonds is 7. The van der Waals surface area contributed by atoms with Crippen LogP contribution in [0.15, 0.2) is 24.3 Å². The van der Waals surface area contributed by atoms with Gasteiger partial charge in [0.05, 0.1) is 18.6 Å². The molecule has 1 aromatic carbocycles. The predicted molar refractivity (Wildman–Crippen MR) is 98.4 cm³/mol. The minimum Gasteiger partial charge on any atom is -0.493 e. The number of fused-ring (bicyclic) bond motifs is 1. The van der Waals surface area contributed by atoms with Crippen molar-refractivity contribution in [2.24, 2.45) is 11.3 Å². The maximum atomic E-state index is 12.4. The van der Waals surface area contributed by atoms with Crippen LogP contribution in [0.2, 0.25) is 0 Å². The highest BCUT2D eigenvalue weighted by Crippen LogP contribution is 2.36. The van der Waals surface area contributed by atoms with Crippen molar-refractivity contribution < 1.29 is 19.0 Å². The third kappa shape index (κ3) is 6.03. The molecule has 0 saturated carbocycles. The molecular formula is C21H32O4. The summed E-state index contributed by atoms with van der Waals surface area (Å²) in [4.78, 5) is 12.4. The molecule has 0 fully saturated rings. The van der Waals surface area contributed by atoms with E-state index >= 15 is 0 Å². The van der Waals surface area contributed by atoms with Crippen molar-refractivity contribution in [3.8, 4) is 5.75 Å². The molecule has 0 amide bonds. The van der Waals surface area contributed by atoms with Crippen LogP contribution in [-0.2, 0) is 14.3 Å². The fourth-order valence-corrected chi connectivity index (χ4v) is 3.05. The van der Waals surface area contributed by atoms with Gasteiger partial charge in [0.25, 0.3) is 0 Å². The zero-order valence-electron chi connectivity index (χ0n) is 16.2. The van der Waals surface area contributed by atoms with Gasteiger partial charge >= 0.3 is 5.97 Å². The topological polar surface area (TPSA) is 44.8 Å². The lowest BCUT2D eigenvalue weighted by Gasteiger charge is -2.32. The molecule has 4 nitrogen and oxygen atoms in total. The molecule has 1 aromatic rings. The fraction of sp³-hybridized carbons (Fsp3) is 0.667. The monoisotopic (exact) mass is 348 g/mol. The minimum atomic E-state index is -0.539. The Labute approximate surface area is 151 Å². The van der Waals surface area contributed by atoms with Gasteiger partial charge in [-0.05, 0) is 17.9 Å². The molecule has 3 unspecified atom stereocenters. The highest BCUT2D eigenvalue weighted by Gasteiger charge is 2.30. The van der Waals surface area contributed by atoms with Crippen molar-refractivity contribution in [3.63, 3.8) is 0 Å². The van der Waals surface area contributed by atoms with Gasteiger partial charge in [-0.1, -0.05) is 59.2 Å². The van der Waals surface area contributed by atoms with Crippen LogP contribution in [0.1, 0.15) is 72.0 Å². The molecule has 0 aromatic heterocycles. The zero-order valence-corrected chi connectivity index (χ0v) is 16.2. The van der Waals surface area contributed by atoms with E-state index < -0.39 is 6.29 Å². The van der Waals surface area contributed by atoms with Crippen LogP contribution in [0.4, 0.5) is 0 Å². The van der Waals surface area contributed by atoms with Crippen LogP contribution < -0.4 is 4.74 Å². The molecule has 1 aliphatic rings. The normalized spacial score (nSPS) is 19.5. The summed E-state index contributed by atoms with van der Waals surface area (Å²) in [7, 11) is 0. The van der Waals surface area contributed by atoms with Crippen molar-refractivity contribution in [2.45, 2.75) is 72.7 Å². The predicted octanol–water partition coefficient (Wildman–Crippen LogP) is 5.27. The molecule has 0 aliphatic carbocycles. The van der Waals surface area contributed by atoms with Crippen molar-refractivity contribution in [1.82, 2.24) is 0 Å². The lowest BCUT2D eigenvalue weighted by Crippen LogP contribution is -2.31. The number of ether oxygens (including phenoxy) is 3. The fourth-order valence-electron chi connectivity index (χ4n) is 3.05. The van der Waals surface area contributed by atoms with Crippen molar-refractivity contribution >= 4 is 5.97 Å². The Morgan fingerprint density at radius 3 is 2.72 bits per heavy atom. The average Bonchev–Trinajstić information content (AvgIpc) is 2.54. The zero-order chi connectivity index (χ0) is 18.4. The van der Waals surface area contributed by atoms with Gasteiger partial charge in [0.2, 0.25) is 6.29 Å². The molecule has 0 spiro atoms. The van der Waals surface area contributed by atoms with Gasteiger partial charge in [-0.15, -0.1) is 0 Å². The Bertz CT molecular complexity index is 561. The summed E-state index contributed by atoms with van der Waals surface area (Å²) >= 11 is 0. The number of esters is 1. The first kappa shape index (κ1) is 19.8. The van der Waals surface area contributed by atoms with Gasteiger partial charge in [-0.3, -0.25) is 4.79 Å². The summed E-state index contributed by atoms with van der Waals surface area (Å²) < 4.78 is 17.7. The number of carbonyl (C=O) groups is 1. The molecule has 3 atom stereocenters. The van der Waals surface area contributed by atoms with Gasteiger partial charge in [0.1, 0.15) is 5.75 Å². The van der Waals surface area contributed by atoms with Gasteiger partial charge in [0, 0.05) is 18.4 Å². The quantitative estimate of drug-likeness (QED) is 0.497. The summed E-state index contributed by atoms with van der Waals surface area (Å²) in [5.41, 5.74) is 1.04. The van der Waals surface area contributed by atoms with Crippen LogP contribution in [0.3, 0.4) is 0 Å². The number of carbonyl (C=O) groups excluding carboxylic acids is 1. The number of hydrogen-bond acceptors (Lipinski definition) is 4. The third-order valence-electron chi connectivity index (χ3n) is 4.37. The van der Waals surface area contributed by atoms with Crippen LogP contribution in [0.25, 0.3) is 0 Å². The van der Waals surface area contributed by atoms with Crippen molar-refractivity contribution in [2.75, 3.05) is 6.61 Å². The molecule has 1 heterocycles. The van der Waals surface area contributed by atoms with E-state index in [1.54, 1.807) is 0 Å². The third-order valence-corrected chi connectivity index (χ3v) is 4.37. The molecule has 25 heavy (non-hydrogen) atoms. The van der Waals surface area contributed by atoms with E-state index in [2.05, 4.69) is 27.7 Å². The maximum absolute atomic E-state index is 12.4. The first-order chi connectivity index (χ1) is 11.8. The Balaban J connectivity index is 2.10. The van der Waals surface area contributed by atoms with Crippen molar-refractivity contribution in [1.29, 1.82) is 0 Å². The van der Waals surface area contributed by atoms with Gasteiger partial charge in [-0.25, -0.2) is 0 Å². The Hall–Kier alpha value is -1.55. The SMILES string of the molecule is CCCC(C)C(=O)OC(CC(C)(C)C)OC1CCOc2ccccc21. The van der Waals surface area contributed by atoms with Crippen LogP contribution in [0.5, 0.6) is 5.75 Å². The maximum Gasteiger partial charge on any atom is 0.310 e. The Kier molecular flexibility index (Phi) is 6.88. The molecule has 0 N–H and O–H groups in total. The van der Waals surface area contributed by atoms with Crippen molar-refractivity contribution in [3.05, 3.63) is 29.8 Å². The largest absolute Gasteiger partial charge is 0.493 e. The number of benzene rings is 1. The molecule has 0 saturated heterocycles. The Morgan fingerprint density at radius 2 is 2.04 bits per heavy atom. The van der Waals surface area contributed by atoms with E-state index in [4.69, 9.17) is 14.2 Å². The summed E-state index contributed by atoms with van der Waals surface area (Å²) in [5, 5.41) is 0. The Morgan fingerprint density at radius 1 is 1.32 bits per heavy atom. The second-order valence-corrected chi connectivity index (χ2v) is 8.12. The summed E-state index contributed by atoms with van der Waals surface area (Å²) in [6, 6.07) is 7.92. The summed E-state index contributed by atoms with van der Waals surface area (Å²) in [6.07, 6.45) is 2.58. The van der Waals surface area contributed by atoms with Crippen LogP contribution >= 0.6 is 0 Å². The summed E-state index contributed by atoms with van der Waals surface area (Å²) in [6.45, 7) is 11.0. The lowest BCUT2D eigenvalue weighted by molar-refractivity contribution is -0.204. The smallest absolute Gasteiger partial charge is 0.310 e. The van der Waals surface area contributed by atoms with Gasteiger partial charge in [-0.2, -0.15) is 0 Å². The minimum absolute atomic E-state index is 0.00360. The molecule has 2 rings (SSSR count). The highest BCUT2D eigenvalue weighted by molar-refractivity contribution is 5.72. The average molecular weight is 348 g/mol. The molecule has 4 heteroatoms. The molecule has 0 radical (unpaired) electrons. The summed E-state index contributed by atoms with van der Waals surface area (Å²) in [5.74, 6) is 0.591. The van der Waals surface area contributed by atoms with Gasteiger partial charge in [0.15, 0.2) is 0 Å². The number of hydrogen-bond donors (Lipinski definition) is 0. The van der Waals surface area contributed by atoms with E-state index in [0.29, 0.717) is 13.0 Å². The standard InChI is InChI=1S/C21H32O4/c1-6-9-15(2)20(22)25-19(14-21(3,4)5)24-18-12-13-23-17-11-8-7-10-16(17)18/h7-8,10-11,15,18-19H,6,9,12-14H2,1-5H3. The molecule has 0 bridgehead atoms. The highest BCUT2D eigenvalue weighted by atomic mass is 16.7. The lowest BCUT2D eigenvalue weighted by atomic mass is 9.92. The van der Waals surface area contributed by atoms with E-state index in [0.717, 1.165) is 30.6 Å². The first-order valence-corrected chi connectivity index (χ1v) is 9.38. The van der Waals surface area contributed by atoms with Crippen LogP contribution in [0, 0.1) is 11.3 Å². The molecular weight excluding hydrogens is 316 g/mol. The second kappa shape index (κ2) is 8.70. The van der Waals surface area contributed by atoms with E-state index in [9.17, 15) is 4.79 Å². The molecule has 140 valence electrons. The van der Waals surface area contributed by atoms with Crippen LogP contribution in [-0.4, -0.2) is 18.9 Å². The molecule has 1 aliphatic heterocycles. The van der Waals surface area contributed by atoms with E-state index in [1.807, 2.05) is 31.2 Å². The van der Waals surface area contributed by atoms with E-state index in [-0.39, 0.29) is 23.4 Å². The van der Waals surface area contributed by atoms with Gasteiger partial charge < -0.3 is 14.2 Å². The second-order valence-electron chi connectivity index (χ2n) is 8.12. The first-order valence-electron chi connectivity index (χ1n) is 9.38.